The van der Waals surface area contributed by atoms with Crippen molar-refractivity contribution in [3.63, 3.8) is 0 Å². The Labute approximate surface area is 325 Å². The van der Waals surface area contributed by atoms with Crippen LogP contribution in [0.4, 0.5) is 0 Å². The minimum absolute atomic E-state index is 0.0321. The first kappa shape index (κ1) is 36.9. The van der Waals surface area contributed by atoms with Gasteiger partial charge in [-0.05, 0) is 57.9 Å². The first-order chi connectivity index (χ1) is 26.6. The SMILES string of the molecule is CCCCn1nc(C(CCC)CCBr)n(Cc2ccc(-c3ccccc3-c3nnn(C(c4ccccc4)(c4ccccc4)c4ccccc4)n3)cc2)c1=O. The lowest BCUT2D eigenvalue weighted by atomic mass is 9.77. The van der Waals surface area contributed by atoms with E-state index in [9.17, 15) is 4.79 Å². The number of halogens is 1. The van der Waals surface area contributed by atoms with Gasteiger partial charge in [-0.1, -0.05) is 182 Å². The lowest BCUT2D eigenvalue weighted by molar-refractivity contribution is 0.396. The van der Waals surface area contributed by atoms with E-state index in [1.165, 1.54) is 0 Å². The molecule has 0 radical (unpaired) electrons. The Balaban J connectivity index is 1.26. The normalized spacial score (nSPS) is 12.2. The standard InChI is InChI=1S/C45H46BrN7O/c1-3-5-32-52-44(54)51(43(49-52)36(17-4-2)30-31-46)33-34-26-28-35(29-27-34)40-24-15-16-25-41(40)42-47-50-53(48-42)45(37-18-9-6-10-19-37,38-20-11-7-12-21-38)39-22-13-8-14-23-39/h6-16,18-29,36H,3-5,17,30-33H2,1-2H3. The number of hydrogen-bond acceptors (Lipinski definition) is 5. The van der Waals surface area contributed by atoms with Gasteiger partial charge in [0.2, 0.25) is 5.82 Å². The van der Waals surface area contributed by atoms with Gasteiger partial charge < -0.3 is 0 Å². The zero-order valence-corrected chi connectivity index (χ0v) is 32.5. The third kappa shape index (κ3) is 7.37. The number of aryl methyl sites for hydroxylation is 1. The van der Waals surface area contributed by atoms with Crippen LogP contribution < -0.4 is 5.69 Å². The second kappa shape index (κ2) is 17.2. The van der Waals surface area contributed by atoms with E-state index in [0.717, 1.165) is 82.2 Å². The van der Waals surface area contributed by atoms with Crippen molar-refractivity contribution in [2.75, 3.05) is 5.33 Å². The van der Waals surface area contributed by atoms with Crippen LogP contribution in [-0.2, 0) is 18.6 Å². The molecule has 5 aromatic carbocycles. The van der Waals surface area contributed by atoms with Gasteiger partial charge in [-0.2, -0.15) is 5.10 Å². The molecule has 1 atom stereocenters. The van der Waals surface area contributed by atoms with Crippen LogP contribution in [-0.4, -0.2) is 39.9 Å². The highest BCUT2D eigenvalue weighted by Crippen LogP contribution is 2.40. The van der Waals surface area contributed by atoms with Gasteiger partial charge in [0, 0.05) is 23.4 Å². The lowest BCUT2D eigenvalue weighted by Gasteiger charge is -2.34. The zero-order chi connectivity index (χ0) is 37.3. The van der Waals surface area contributed by atoms with Crippen molar-refractivity contribution in [2.24, 2.45) is 0 Å². The molecule has 274 valence electrons. The average molecular weight is 781 g/mol. The van der Waals surface area contributed by atoms with E-state index in [2.05, 4.69) is 133 Å². The molecule has 0 aliphatic carbocycles. The van der Waals surface area contributed by atoms with Crippen molar-refractivity contribution in [1.82, 2.24) is 34.6 Å². The van der Waals surface area contributed by atoms with E-state index in [1.807, 2.05) is 41.0 Å². The molecule has 0 saturated carbocycles. The highest BCUT2D eigenvalue weighted by atomic mass is 79.9. The summed E-state index contributed by atoms with van der Waals surface area (Å²) in [4.78, 5) is 15.4. The Bertz CT molecular complexity index is 2200. The molecule has 0 saturated heterocycles. The van der Waals surface area contributed by atoms with Crippen molar-refractivity contribution < 1.29 is 0 Å². The number of hydrogen-bond donors (Lipinski definition) is 0. The molecule has 0 aliphatic rings. The number of alkyl halides is 1. The van der Waals surface area contributed by atoms with E-state index < -0.39 is 5.54 Å². The fraction of sp³-hybridized carbons (Fsp3) is 0.267. The highest BCUT2D eigenvalue weighted by Gasteiger charge is 2.41. The Morgan fingerprint density at radius 2 is 1.24 bits per heavy atom. The number of tetrazole rings is 1. The zero-order valence-electron chi connectivity index (χ0n) is 30.9. The molecule has 0 spiro atoms. The average Bonchev–Trinajstić information content (AvgIpc) is 3.84. The summed E-state index contributed by atoms with van der Waals surface area (Å²) < 4.78 is 3.56. The quantitative estimate of drug-likeness (QED) is 0.0721. The summed E-state index contributed by atoms with van der Waals surface area (Å²) in [6.07, 6.45) is 4.91. The molecule has 8 nitrogen and oxygen atoms in total. The van der Waals surface area contributed by atoms with Crippen LogP contribution in [0.5, 0.6) is 0 Å². The smallest absolute Gasteiger partial charge is 0.274 e. The molecule has 9 heteroatoms. The number of aromatic nitrogens is 7. The summed E-state index contributed by atoms with van der Waals surface area (Å²) in [5, 5.41) is 20.4. The van der Waals surface area contributed by atoms with Gasteiger partial charge >= 0.3 is 5.69 Å². The Morgan fingerprint density at radius 1 is 0.667 bits per heavy atom. The summed E-state index contributed by atoms with van der Waals surface area (Å²) in [5.74, 6) is 1.64. The van der Waals surface area contributed by atoms with Crippen LogP contribution in [0.25, 0.3) is 22.5 Å². The molecule has 54 heavy (non-hydrogen) atoms. The molecule has 1 unspecified atom stereocenters. The molecule has 2 aromatic heterocycles. The van der Waals surface area contributed by atoms with E-state index in [-0.39, 0.29) is 11.6 Å². The molecule has 0 amide bonds. The highest BCUT2D eigenvalue weighted by molar-refractivity contribution is 9.09. The van der Waals surface area contributed by atoms with Crippen LogP contribution >= 0.6 is 15.9 Å². The van der Waals surface area contributed by atoms with Crippen LogP contribution in [0.1, 0.15) is 79.9 Å². The minimum atomic E-state index is -0.864. The maximum absolute atomic E-state index is 13.7. The van der Waals surface area contributed by atoms with Gasteiger partial charge in [-0.3, -0.25) is 4.57 Å². The van der Waals surface area contributed by atoms with Gasteiger partial charge in [0.15, 0.2) is 5.54 Å². The van der Waals surface area contributed by atoms with Crippen LogP contribution in [0, 0.1) is 0 Å². The second-order valence-corrected chi connectivity index (χ2v) is 14.5. The molecular formula is C45H46BrN7O. The summed E-state index contributed by atoms with van der Waals surface area (Å²) >= 11 is 3.64. The molecule has 0 N–H and O–H groups in total. The van der Waals surface area contributed by atoms with Crippen molar-refractivity contribution in [1.29, 1.82) is 0 Å². The third-order valence-electron chi connectivity index (χ3n) is 10.2. The Morgan fingerprint density at radius 3 is 1.80 bits per heavy atom. The Hall–Kier alpha value is -5.41. The van der Waals surface area contributed by atoms with Gasteiger partial charge in [0.05, 0.1) is 6.54 Å². The van der Waals surface area contributed by atoms with Gasteiger partial charge in [-0.15, -0.1) is 15.0 Å². The Kier molecular flexibility index (Phi) is 11.7. The summed E-state index contributed by atoms with van der Waals surface area (Å²) in [7, 11) is 0. The second-order valence-electron chi connectivity index (χ2n) is 13.7. The summed E-state index contributed by atoms with van der Waals surface area (Å²) in [6, 6.07) is 47.8. The summed E-state index contributed by atoms with van der Waals surface area (Å²) in [5.41, 5.74) is 6.15. The number of rotatable bonds is 16. The predicted molar refractivity (Wildman–Crippen MR) is 220 cm³/mol. The van der Waals surface area contributed by atoms with E-state index in [4.69, 9.17) is 20.5 Å². The van der Waals surface area contributed by atoms with Crippen LogP contribution in [0.2, 0.25) is 0 Å². The van der Waals surface area contributed by atoms with Crippen molar-refractivity contribution in [2.45, 2.75) is 70.5 Å². The van der Waals surface area contributed by atoms with Crippen LogP contribution in [0.15, 0.2) is 144 Å². The summed E-state index contributed by atoms with van der Waals surface area (Å²) in [6.45, 7) is 5.44. The monoisotopic (exact) mass is 779 g/mol. The number of unbranched alkanes of at least 4 members (excludes halogenated alkanes) is 1. The van der Waals surface area contributed by atoms with Crippen molar-refractivity contribution >= 4 is 15.9 Å². The van der Waals surface area contributed by atoms with Gasteiger partial charge in [0.1, 0.15) is 5.82 Å². The lowest BCUT2D eigenvalue weighted by Crippen LogP contribution is -2.39. The molecule has 0 aliphatic heterocycles. The predicted octanol–water partition coefficient (Wildman–Crippen LogP) is 9.72. The van der Waals surface area contributed by atoms with E-state index in [1.54, 1.807) is 9.48 Å². The first-order valence-corrected chi connectivity index (χ1v) is 20.1. The molecular weight excluding hydrogens is 734 g/mol. The van der Waals surface area contributed by atoms with E-state index in [0.29, 0.717) is 18.9 Å². The topological polar surface area (TPSA) is 83.4 Å². The van der Waals surface area contributed by atoms with Crippen molar-refractivity contribution in [3.05, 3.63) is 178 Å². The number of benzene rings is 5. The fourth-order valence-electron chi connectivity index (χ4n) is 7.50. The number of nitrogens with zero attached hydrogens (tertiary/aromatic N) is 7. The molecule has 7 rings (SSSR count). The molecule has 7 aromatic rings. The largest absolute Gasteiger partial charge is 0.346 e. The van der Waals surface area contributed by atoms with Gasteiger partial charge in [-0.25, -0.2) is 9.48 Å². The third-order valence-corrected chi connectivity index (χ3v) is 10.7. The van der Waals surface area contributed by atoms with Crippen molar-refractivity contribution in [3.8, 4) is 22.5 Å². The van der Waals surface area contributed by atoms with Gasteiger partial charge in [0.25, 0.3) is 0 Å². The molecule has 0 fully saturated rings. The maximum atomic E-state index is 13.7. The minimum Gasteiger partial charge on any atom is -0.274 e. The molecule has 0 bridgehead atoms. The van der Waals surface area contributed by atoms with E-state index >= 15 is 0 Å². The molecule has 2 heterocycles. The van der Waals surface area contributed by atoms with Crippen LogP contribution in [0.3, 0.4) is 0 Å². The maximum Gasteiger partial charge on any atom is 0.346 e. The fourth-order valence-corrected chi connectivity index (χ4v) is 8.05. The first-order valence-electron chi connectivity index (χ1n) is 19.0.